The van der Waals surface area contributed by atoms with Gasteiger partial charge in [-0.3, -0.25) is 9.24 Å². The molecular formula is C36H32NO4P. The summed E-state index contributed by atoms with van der Waals surface area (Å²) in [6, 6.07) is 39.8. The van der Waals surface area contributed by atoms with Gasteiger partial charge in [-0.15, -0.1) is 0 Å². The summed E-state index contributed by atoms with van der Waals surface area (Å²) in [5.41, 5.74) is 6.62. The molecule has 1 heterocycles. The summed E-state index contributed by atoms with van der Waals surface area (Å²) in [6.07, 6.45) is 0. The van der Waals surface area contributed by atoms with Crippen molar-refractivity contribution in [1.29, 1.82) is 0 Å². The van der Waals surface area contributed by atoms with E-state index in [0.717, 1.165) is 61.3 Å². The van der Waals surface area contributed by atoms with Gasteiger partial charge in [0.25, 0.3) is 0 Å². The highest BCUT2D eigenvalue weighted by atomic mass is 31.2. The van der Waals surface area contributed by atoms with Crippen molar-refractivity contribution in [2.45, 2.75) is 6.92 Å². The third-order valence-electron chi connectivity index (χ3n) is 7.64. The Balaban J connectivity index is 1.77. The Hall–Kier alpha value is -4.73. The first kappa shape index (κ1) is 27.4. The predicted molar refractivity (Wildman–Crippen MR) is 172 cm³/mol. The Morgan fingerprint density at radius 2 is 1.12 bits per heavy atom. The molecule has 0 aromatic heterocycles. The minimum atomic E-state index is -3.49. The summed E-state index contributed by atoms with van der Waals surface area (Å²) in [6.45, 7) is 2.07. The SMILES string of the molecule is COc1ccc(C2=C(c3ccc(OC)cc3)N(c3ccccc3)P(=O)(c3ccc(OC)cc3)c3ccc(C)cc32)cc1. The Morgan fingerprint density at radius 1 is 0.595 bits per heavy atom. The van der Waals surface area contributed by atoms with Gasteiger partial charge in [0.05, 0.1) is 27.0 Å². The predicted octanol–water partition coefficient (Wildman–Crippen LogP) is 7.69. The van der Waals surface area contributed by atoms with Crippen LogP contribution in [0, 0.1) is 6.92 Å². The van der Waals surface area contributed by atoms with Crippen molar-refractivity contribution < 1.29 is 18.8 Å². The van der Waals surface area contributed by atoms with E-state index < -0.39 is 7.29 Å². The molecule has 0 N–H and O–H groups in total. The zero-order chi connectivity index (χ0) is 29.3. The number of ether oxygens (including phenoxy) is 3. The van der Waals surface area contributed by atoms with Crippen molar-refractivity contribution in [3.05, 3.63) is 144 Å². The van der Waals surface area contributed by atoms with Crippen molar-refractivity contribution in [3.8, 4) is 17.2 Å². The fraction of sp³-hybridized carbons (Fsp3) is 0.111. The molecule has 0 saturated carbocycles. The minimum absolute atomic E-state index is 0.711. The second-order valence-electron chi connectivity index (χ2n) is 10.1. The fourth-order valence-corrected chi connectivity index (χ4v) is 8.57. The number of benzene rings is 5. The van der Waals surface area contributed by atoms with Crippen LogP contribution in [0.2, 0.25) is 0 Å². The lowest BCUT2D eigenvalue weighted by Crippen LogP contribution is -2.37. The zero-order valence-electron chi connectivity index (χ0n) is 24.1. The second kappa shape index (κ2) is 11.3. The number of para-hydroxylation sites is 1. The third kappa shape index (κ3) is 4.66. The minimum Gasteiger partial charge on any atom is -0.497 e. The fourth-order valence-electron chi connectivity index (χ4n) is 5.56. The van der Waals surface area contributed by atoms with E-state index in [2.05, 4.69) is 25.1 Å². The number of nitrogens with zero attached hydrogens (tertiary/aromatic N) is 1. The van der Waals surface area contributed by atoms with Gasteiger partial charge in [0.1, 0.15) is 17.2 Å². The third-order valence-corrected chi connectivity index (χ3v) is 10.7. The van der Waals surface area contributed by atoms with Crippen molar-refractivity contribution in [2.24, 2.45) is 0 Å². The van der Waals surface area contributed by atoms with Crippen LogP contribution < -0.4 is 29.5 Å². The van der Waals surface area contributed by atoms with E-state index in [1.165, 1.54) is 0 Å². The molecule has 0 bridgehead atoms. The Labute approximate surface area is 247 Å². The summed E-state index contributed by atoms with van der Waals surface area (Å²) in [5.74, 6) is 2.24. The lowest BCUT2D eigenvalue weighted by atomic mass is 9.91. The summed E-state index contributed by atoms with van der Waals surface area (Å²) in [4.78, 5) is 0. The normalized spacial score (nSPS) is 16.1. The maximum absolute atomic E-state index is 16.1. The smallest absolute Gasteiger partial charge is 0.234 e. The standard InChI is InChI=1S/C36H32NO4P/c1-25-10-23-34-33(24-25)35(26-11-15-29(39-2)16-12-26)36(27-13-17-30(40-3)18-14-27)37(28-8-6-5-7-9-28)42(34,38)32-21-19-31(41-4)20-22-32/h5-24H,1-4H3. The lowest BCUT2D eigenvalue weighted by molar-refractivity contribution is 0.414. The average Bonchev–Trinajstić information content (AvgIpc) is 3.05. The molecule has 42 heavy (non-hydrogen) atoms. The van der Waals surface area contributed by atoms with Crippen LogP contribution in [0.5, 0.6) is 17.2 Å². The molecule has 210 valence electrons. The largest absolute Gasteiger partial charge is 0.497 e. The number of hydrogen-bond donors (Lipinski definition) is 0. The van der Waals surface area contributed by atoms with Gasteiger partial charge in [0.15, 0.2) is 0 Å². The molecule has 0 amide bonds. The monoisotopic (exact) mass is 573 g/mol. The van der Waals surface area contributed by atoms with E-state index in [1.807, 2.05) is 108 Å². The quantitative estimate of drug-likeness (QED) is 0.187. The molecule has 1 atom stereocenters. The Morgan fingerprint density at radius 3 is 1.67 bits per heavy atom. The molecule has 5 aromatic rings. The molecule has 0 radical (unpaired) electrons. The summed E-state index contributed by atoms with van der Waals surface area (Å²) in [5, 5.41) is 1.50. The van der Waals surface area contributed by atoms with E-state index in [1.54, 1.807) is 21.3 Å². The van der Waals surface area contributed by atoms with Crippen LogP contribution in [0.25, 0.3) is 11.3 Å². The number of rotatable bonds is 7. The first-order valence-electron chi connectivity index (χ1n) is 13.7. The maximum Gasteiger partial charge on any atom is 0.234 e. The number of anilines is 1. The van der Waals surface area contributed by atoms with Gasteiger partial charge in [-0.1, -0.05) is 48.0 Å². The molecule has 0 saturated heterocycles. The summed E-state index contributed by atoms with van der Waals surface area (Å²) < 4.78 is 34.6. The molecule has 6 rings (SSSR count). The van der Waals surface area contributed by atoms with Crippen LogP contribution in [-0.2, 0) is 4.57 Å². The van der Waals surface area contributed by atoms with E-state index in [9.17, 15) is 0 Å². The molecule has 6 heteroatoms. The molecular weight excluding hydrogens is 541 g/mol. The van der Waals surface area contributed by atoms with Gasteiger partial charge in [-0.2, -0.15) is 0 Å². The Kier molecular flexibility index (Phi) is 7.36. The summed E-state index contributed by atoms with van der Waals surface area (Å²) in [7, 11) is 1.47. The van der Waals surface area contributed by atoms with Gasteiger partial charge in [-0.25, -0.2) is 0 Å². The molecule has 1 aliphatic heterocycles. The first-order valence-corrected chi connectivity index (χ1v) is 15.4. The van der Waals surface area contributed by atoms with Gasteiger partial charge in [0, 0.05) is 21.9 Å². The first-order chi connectivity index (χ1) is 20.5. The van der Waals surface area contributed by atoms with Crippen LogP contribution in [-0.4, -0.2) is 21.3 Å². The highest BCUT2D eigenvalue weighted by molar-refractivity contribution is 7.80. The van der Waals surface area contributed by atoms with Crippen LogP contribution in [0.1, 0.15) is 22.3 Å². The molecule has 0 fully saturated rings. The van der Waals surface area contributed by atoms with Crippen LogP contribution in [0.4, 0.5) is 5.69 Å². The van der Waals surface area contributed by atoms with Crippen LogP contribution in [0.3, 0.4) is 0 Å². The van der Waals surface area contributed by atoms with E-state index in [4.69, 9.17) is 14.2 Å². The molecule has 1 aliphatic rings. The Bertz CT molecular complexity index is 1800. The molecule has 5 aromatic carbocycles. The average molecular weight is 574 g/mol. The summed E-state index contributed by atoms with van der Waals surface area (Å²) >= 11 is 0. The van der Waals surface area contributed by atoms with Crippen molar-refractivity contribution in [2.75, 3.05) is 26.0 Å². The maximum atomic E-state index is 16.1. The van der Waals surface area contributed by atoms with E-state index >= 15 is 4.57 Å². The molecule has 5 nitrogen and oxygen atoms in total. The van der Waals surface area contributed by atoms with Gasteiger partial charge in [-0.05, 0) is 102 Å². The highest BCUT2D eigenvalue weighted by Crippen LogP contribution is 2.60. The van der Waals surface area contributed by atoms with Crippen molar-refractivity contribution >= 4 is 34.9 Å². The number of hydrogen-bond acceptors (Lipinski definition) is 4. The molecule has 0 aliphatic carbocycles. The van der Waals surface area contributed by atoms with Gasteiger partial charge < -0.3 is 14.2 Å². The topological polar surface area (TPSA) is 48.0 Å². The second-order valence-corrected chi connectivity index (χ2v) is 12.7. The van der Waals surface area contributed by atoms with E-state index in [0.29, 0.717) is 5.75 Å². The van der Waals surface area contributed by atoms with Crippen molar-refractivity contribution in [1.82, 2.24) is 0 Å². The number of methoxy groups -OCH3 is 3. The number of fused-ring (bicyclic) bond motifs is 1. The van der Waals surface area contributed by atoms with Gasteiger partial charge in [0.2, 0.25) is 7.29 Å². The molecule has 0 spiro atoms. The van der Waals surface area contributed by atoms with Crippen molar-refractivity contribution in [3.63, 3.8) is 0 Å². The molecule has 1 unspecified atom stereocenters. The van der Waals surface area contributed by atoms with Crippen LogP contribution >= 0.6 is 7.29 Å². The number of aryl methyl sites for hydroxylation is 1. The van der Waals surface area contributed by atoms with Gasteiger partial charge >= 0.3 is 0 Å². The highest BCUT2D eigenvalue weighted by Gasteiger charge is 2.45. The van der Waals surface area contributed by atoms with E-state index in [-0.39, 0.29) is 0 Å². The zero-order valence-corrected chi connectivity index (χ0v) is 25.0. The van der Waals surface area contributed by atoms with Crippen LogP contribution in [0.15, 0.2) is 121 Å². The lowest BCUT2D eigenvalue weighted by Gasteiger charge is -2.42.